The maximum Gasteiger partial charge on any atom is 0.325 e. The number of hydrogen-bond acceptors (Lipinski definition) is 4. The standard InChI is InChI=1S/C16H16ClN3O3/c1-2-3-12-15(21)20(16(22)19-12)9-14-18-8-13(23-14)10-4-6-11(17)7-5-10/h4-8,12H,2-3,9H2,1H3,(H,19,22). The van der Waals surface area contributed by atoms with Crippen LogP contribution >= 0.6 is 11.6 Å². The lowest BCUT2D eigenvalue weighted by atomic mass is 10.2. The second-order valence-electron chi connectivity index (χ2n) is 5.34. The Balaban J connectivity index is 1.73. The van der Waals surface area contributed by atoms with Gasteiger partial charge in [-0.3, -0.25) is 9.69 Å². The summed E-state index contributed by atoms with van der Waals surface area (Å²) >= 11 is 5.85. The van der Waals surface area contributed by atoms with Crippen LogP contribution in [0.25, 0.3) is 11.3 Å². The van der Waals surface area contributed by atoms with Gasteiger partial charge in [0.2, 0.25) is 5.89 Å². The molecule has 7 heteroatoms. The minimum atomic E-state index is -0.446. The highest BCUT2D eigenvalue weighted by Crippen LogP contribution is 2.23. The molecule has 0 radical (unpaired) electrons. The van der Waals surface area contributed by atoms with Gasteiger partial charge in [-0.2, -0.15) is 0 Å². The molecule has 1 aromatic heterocycles. The van der Waals surface area contributed by atoms with Crippen LogP contribution in [0.3, 0.4) is 0 Å². The van der Waals surface area contributed by atoms with Gasteiger partial charge in [-0.25, -0.2) is 9.78 Å². The van der Waals surface area contributed by atoms with Gasteiger partial charge in [0.15, 0.2) is 5.76 Å². The molecule has 2 heterocycles. The molecule has 0 saturated carbocycles. The van der Waals surface area contributed by atoms with Crippen LogP contribution in [0, 0.1) is 0 Å². The Morgan fingerprint density at radius 1 is 1.30 bits per heavy atom. The summed E-state index contributed by atoms with van der Waals surface area (Å²) in [4.78, 5) is 29.4. The first-order chi connectivity index (χ1) is 11.1. The Labute approximate surface area is 138 Å². The van der Waals surface area contributed by atoms with E-state index in [1.807, 2.05) is 19.1 Å². The number of rotatable bonds is 5. The fraction of sp³-hybridized carbons (Fsp3) is 0.312. The second-order valence-corrected chi connectivity index (χ2v) is 5.78. The van der Waals surface area contributed by atoms with Gasteiger partial charge in [-0.15, -0.1) is 0 Å². The third kappa shape index (κ3) is 3.22. The van der Waals surface area contributed by atoms with Gasteiger partial charge in [0.25, 0.3) is 5.91 Å². The van der Waals surface area contributed by atoms with Crippen LogP contribution in [-0.4, -0.2) is 27.9 Å². The van der Waals surface area contributed by atoms with Crippen LogP contribution in [0.1, 0.15) is 25.7 Å². The minimum absolute atomic E-state index is 0.0263. The van der Waals surface area contributed by atoms with Crippen LogP contribution < -0.4 is 5.32 Å². The van der Waals surface area contributed by atoms with E-state index in [2.05, 4.69) is 10.3 Å². The molecule has 1 fully saturated rings. The van der Waals surface area contributed by atoms with Gasteiger partial charge in [0, 0.05) is 10.6 Å². The molecule has 1 atom stereocenters. The molecule has 0 bridgehead atoms. The van der Waals surface area contributed by atoms with E-state index in [0.29, 0.717) is 23.1 Å². The zero-order valence-corrected chi connectivity index (χ0v) is 13.3. The van der Waals surface area contributed by atoms with Crippen molar-refractivity contribution in [3.05, 3.63) is 41.4 Å². The fourth-order valence-corrected chi connectivity index (χ4v) is 2.60. The number of halogens is 1. The predicted octanol–water partition coefficient (Wildman–Crippen LogP) is 3.22. The van der Waals surface area contributed by atoms with Crippen molar-refractivity contribution >= 4 is 23.5 Å². The summed E-state index contributed by atoms with van der Waals surface area (Å²) in [6.07, 6.45) is 3.02. The van der Waals surface area contributed by atoms with Crippen LogP contribution in [-0.2, 0) is 11.3 Å². The molecular weight excluding hydrogens is 318 g/mol. The predicted molar refractivity (Wildman–Crippen MR) is 84.7 cm³/mol. The van der Waals surface area contributed by atoms with Crippen LogP contribution in [0.5, 0.6) is 0 Å². The zero-order valence-electron chi connectivity index (χ0n) is 12.6. The average molecular weight is 334 g/mol. The van der Waals surface area contributed by atoms with E-state index in [0.717, 1.165) is 16.9 Å². The van der Waals surface area contributed by atoms with Gasteiger partial charge in [0.05, 0.1) is 6.20 Å². The molecule has 6 nitrogen and oxygen atoms in total. The molecule has 1 unspecified atom stereocenters. The number of aromatic nitrogens is 1. The Morgan fingerprint density at radius 2 is 2.04 bits per heavy atom. The third-order valence-electron chi connectivity index (χ3n) is 3.66. The molecule has 3 rings (SSSR count). The Morgan fingerprint density at radius 3 is 2.74 bits per heavy atom. The molecule has 2 aromatic rings. The van der Waals surface area contributed by atoms with E-state index in [9.17, 15) is 9.59 Å². The Hall–Kier alpha value is -2.34. The topological polar surface area (TPSA) is 75.4 Å². The van der Waals surface area contributed by atoms with Crippen molar-refractivity contribution in [2.45, 2.75) is 32.4 Å². The molecular formula is C16H16ClN3O3. The lowest BCUT2D eigenvalue weighted by Crippen LogP contribution is -2.31. The average Bonchev–Trinajstić information content (AvgIpc) is 3.10. The fourth-order valence-electron chi connectivity index (χ4n) is 2.48. The SMILES string of the molecule is CCCC1NC(=O)N(Cc2ncc(-c3ccc(Cl)cc3)o2)C1=O. The van der Waals surface area contributed by atoms with E-state index in [1.54, 1.807) is 18.3 Å². The lowest BCUT2D eigenvalue weighted by Gasteiger charge is -2.10. The number of amides is 3. The van der Waals surface area contributed by atoms with Crippen molar-refractivity contribution in [1.82, 2.24) is 15.2 Å². The summed E-state index contributed by atoms with van der Waals surface area (Å²) in [6.45, 7) is 1.99. The summed E-state index contributed by atoms with van der Waals surface area (Å²) in [6, 6.07) is 6.30. The van der Waals surface area contributed by atoms with E-state index in [-0.39, 0.29) is 12.5 Å². The minimum Gasteiger partial charge on any atom is -0.439 e. The molecule has 120 valence electrons. The summed E-state index contributed by atoms with van der Waals surface area (Å²) in [7, 11) is 0. The number of oxazole rings is 1. The van der Waals surface area contributed by atoms with Crippen molar-refractivity contribution in [3.8, 4) is 11.3 Å². The summed E-state index contributed by atoms with van der Waals surface area (Å²) in [5, 5.41) is 3.31. The number of carbonyl (C=O) groups is 2. The Kier molecular flexibility index (Phi) is 4.34. The maximum absolute atomic E-state index is 12.2. The normalized spacial score (nSPS) is 17.7. The number of nitrogens with zero attached hydrogens (tertiary/aromatic N) is 2. The largest absolute Gasteiger partial charge is 0.439 e. The quantitative estimate of drug-likeness (QED) is 0.852. The number of hydrogen-bond donors (Lipinski definition) is 1. The van der Waals surface area contributed by atoms with E-state index >= 15 is 0 Å². The first-order valence-corrected chi connectivity index (χ1v) is 7.78. The number of carbonyl (C=O) groups excluding carboxylic acids is 2. The smallest absolute Gasteiger partial charge is 0.325 e. The van der Waals surface area contributed by atoms with Crippen molar-refractivity contribution in [1.29, 1.82) is 0 Å². The van der Waals surface area contributed by atoms with Gasteiger partial charge < -0.3 is 9.73 Å². The van der Waals surface area contributed by atoms with E-state index in [4.69, 9.17) is 16.0 Å². The number of nitrogens with one attached hydrogen (secondary N) is 1. The first-order valence-electron chi connectivity index (χ1n) is 7.41. The number of imide groups is 1. The van der Waals surface area contributed by atoms with Crippen molar-refractivity contribution in [2.24, 2.45) is 0 Å². The van der Waals surface area contributed by atoms with Gasteiger partial charge >= 0.3 is 6.03 Å². The molecule has 3 amide bonds. The molecule has 0 aliphatic carbocycles. The molecule has 23 heavy (non-hydrogen) atoms. The zero-order chi connectivity index (χ0) is 16.4. The first kappa shape index (κ1) is 15.6. The second kappa shape index (κ2) is 6.42. The maximum atomic E-state index is 12.2. The van der Waals surface area contributed by atoms with Gasteiger partial charge in [0.1, 0.15) is 12.6 Å². The lowest BCUT2D eigenvalue weighted by molar-refractivity contribution is -0.128. The third-order valence-corrected chi connectivity index (χ3v) is 3.91. The molecule has 1 N–H and O–H groups in total. The highest BCUT2D eigenvalue weighted by molar-refractivity contribution is 6.30. The molecule has 1 saturated heterocycles. The van der Waals surface area contributed by atoms with Crippen molar-refractivity contribution < 1.29 is 14.0 Å². The van der Waals surface area contributed by atoms with Gasteiger partial charge in [-0.1, -0.05) is 24.9 Å². The van der Waals surface area contributed by atoms with Crippen LogP contribution in [0.2, 0.25) is 5.02 Å². The van der Waals surface area contributed by atoms with E-state index < -0.39 is 12.1 Å². The molecule has 0 spiro atoms. The monoisotopic (exact) mass is 333 g/mol. The summed E-state index contributed by atoms with van der Waals surface area (Å²) in [5.41, 5.74) is 0.828. The molecule has 1 aliphatic rings. The highest BCUT2D eigenvalue weighted by atomic mass is 35.5. The van der Waals surface area contributed by atoms with Crippen molar-refractivity contribution in [2.75, 3.05) is 0 Å². The molecule has 1 aromatic carbocycles. The number of benzene rings is 1. The van der Waals surface area contributed by atoms with E-state index in [1.165, 1.54) is 0 Å². The van der Waals surface area contributed by atoms with Crippen molar-refractivity contribution in [3.63, 3.8) is 0 Å². The highest BCUT2D eigenvalue weighted by Gasteiger charge is 2.37. The van der Waals surface area contributed by atoms with Crippen LogP contribution in [0.15, 0.2) is 34.9 Å². The van der Waals surface area contributed by atoms with Crippen LogP contribution in [0.4, 0.5) is 4.79 Å². The van der Waals surface area contributed by atoms with Gasteiger partial charge in [-0.05, 0) is 30.7 Å². The summed E-state index contributed by atoms with van der Waals surface area (Å²) in [5.74, 6) is 0.646. The molecule has 1 aliphatic heterocycles. The summed E-state index contributed by atoms with van der Waals surface area (Å²) < 4.78 is 5.64. The number of urea groups is 1. The Bertz CT molecular complexity index is 726.